The number of methoxy groups -OCH3 is 1. The number of hydrogen-bond donors (Lipinski definition) is 2. The Morgan fingerprint density at radius 3 is 2.55 bits per heavy atom. The normalized spacial score (nSPS) is 15.0. The monoisotopic (exact) mass is 513 g/mol. The molecule has 1 atom stereocenters. The zero-order valence-corrected chi connectivity index (χ0v) is 21.6. The van der Waals surface area contributed by atoms with Crippen LogP contribution in [-0.2, 0) is 10.4 Å². The summed E-state index contributed by atoms with van der Waals surface area (Å²) in [6, 6.07) is 8.45. The van der Waals surface area contributed by atoms with Crippen molar-refractivity contribution in [3.63, 3.8) is 0 Å². The first-order chi connectivity index (χ1) is 18.0. The van der Waals surface area contributed by atoms with E-state index in [2.05, 4.69) is 36.9 Å². The Hall–Kier alpha value is -4.66. The molecule has 1 aliphatic carbocycles. The van der Waals surface area contributed by atoms with Crippen LogP contribution in [0.25, 0.3) is 5.57 Å². The van der Waals surface area contributed by atoms with Crippen molar-refractivity contribution < 1.29 is 18.7 Å². The van der Waals surface area contributed by atoms with Crippen molar-refractivity contribution in [2.75, 3.05) is 17.7 Å². The molecule has 0 bridgehead atoms. The molecule has 0 aromatic carbocycles. The van der Waals surface area contributed by atoms with Gasteiger partial charge in [-0.25, -0.2) is 14.2 Å². The number of nitrogens with zero attached hydrogens (tertiary/aromatic N) is 3. The lowest BCUT2D eigenvalue weighted by atomic mass is 9.84. The highest BCUT2D eigenvalue weighted by atomic mass is 19.1. The van der Waals surface area contributed by atoms with Crippen LogP contribution in [0.2, 0.25) is 0 Å². The number of halogens is 1. The molecule has 3 aromatic heterocycles. The standard InChI is InChI=1S/C29H28FN5O3/c1-17-6-7-19(12-23(17)20-8-11-32-26(14-20)35-28(37)38-5)24-15-22(16-33-18(24)2)34-27(36)21-9-10-31-25(13-21)29(3,4)30/h6-16,23H,1H2,2-5H3,(H,34,36)(H,32,35,37). The number of allylic oxidation sites excluding steroid dienone is 5. The second-order valence-corrected chi connectivity index (χ2v) is 9.31. The van der Waals surface area contributed by atoms with Gasteiger partial charge in [-0.05, 0) is 67.8 Å². The van der Waals surface area contributed by atoms with Crippen LogP contribution in [0.5, 0.6) is 0 Å². The van der Waals surface area contributed by atoms with E-state index in [9.17, 15) is 14.0 Å². The van der Waals surface area contributed by atoms with Crippen molar-refractivity contribution >= 4 is 29.1 Å². The van der Waals surface area contributed by atoms with E-state index in [1.54, 1.807) is 18.5 Å². The van der Waals surface area contributed by atoms with Crippen molar-refractivity contribution in [3.05, 3.63) is 107 Å². The highest BCUT2D eigenvalue weighted by Crippen LogP contribution is 2.36. The third-order valence-corrected chi connectivity index (χ3v) is 6.07. The molecule has 1 unspecified atom stereocenters. The van der Waals surface area contributed by atoms with Crippen LogP contribution < -0.4 is 10.6 Å². The Morgan fingerprint density at radius 1 is 1.05 bits per heavy atom. The molecule has 0 fully saturated rings. The second-order valence-electron chi connectivity index (χ2n) is 9.31. The van der Waals surface area contributed by atoms with Gasteiger partial charge in [0.05, 0.1) is 24.7 Å². The number of hydrogen-bond acceptors (Lipinski definition) is 6. The Bertz CT molecular complexity index is 1470. The van der Waals surface area contributed by atoms with Gasteiger partial charge in [0.2, 0.25) is 0 Å². The first-order valence-electron chi connectivity index (χ1n) is 11.9. The lowest BCUT2D eigenvalue weighted by Crippen LogP contribution is -2.16. The fourth-order valence-corrected chi connectivity index (χ4v) is 3.99. The highest BCUT2D eigenvalue weighted by Gasteiger charge is 2.22. The molecule has 194 valence electrons. The predicted octanol–water partition coefficient (Wildman–Crippen LogP) is 6.11. The molecule has 0 saturated carbocycles. The van der Waals surface area contributed by atoms with Gasteiger partial charge in [-0.2, -0.15) is 0 Å². The molecule has 38 heavy (non-hydrogen) atoms. The molecule has 0 aliphatic heterocycles. The molecule has 0 saturated heterocycles. The summed E-state index contributed by atoms with van der Waals surface area (Å²) < 4.78 is 19.0. The van der Waals surface area contributed by atoms with Crippen molar-refractivity contribution in [1.29, 1.82) is 0 Å². The van der Waals surface area contributed by atoms with Gasteiger partial charge in [-0.1, -0.05) is 24.8 Å². The largest absolute Gasteiger partial charge is 0.453 e. The van der Waals surface area contributed by atoms with Crippen LogP contribution in [0.4, 0.5) is 20.7 Å². The van der Waals surface area contributed by atoms with Crippen molar-refractivity contribution in [1.82, 2.24) is 15.0 Å². The molecule has 3 heterocycles. The van der Waals surface area contributed by atoms with Gasteiger partial charge < -0.3 is 10.1 Å². The van der Waals surface area contributed by atoms with Gasteiger partial charge in [0.25, 0.3) is 5.91 Å². The molecular weight excluding hydrogens is 485 g/mol. The summed E-state index contributed by atoms with van der Waals surface area (Å²) in [6.45, 7) is 8.85. The third kappa shape index (κ3) is 6.00. The lowest BCUT2D eigenvalue weighted by molar-refractivity contribution is 0.102. The van der Waals surface area contributed by atoms with Crippen molar-refractivity contribution in [2.24, 2.45) is 0 Å². The maximum atomic E-state index is 14.3. The van der Waals surface area contributed by atoms with Crippen LogP contribution in [0.3, 0.4) is 0 Å². The maximum Gasteiger partial charge on any atom is 0.412 e. The van der Waals surface area contributed by atoms with E-state index in [1.165, 1.54) is 39.3 Å². The Labute approximate surface area is 220 Å². The molecule has 8 nitrogen and oxygen atoms in total. The summed E-state index contributed by atoms with van der Waals surface area (Å²) in [6.07, 6.45) is 9.92. The third-order valence-electron chi connectivity index (χ3n) is 6.07. The first-order valence-corrected chi connectivity index (χ1v) is 11.9. The van der Waals surface area contributed by atoms with Crippen LogP contribution in [0.15, 0.2) is 79.3 Å². The molecule has 0 radical (unpaired) electrons. The SMILES string of the molecule is C=C1C=CC(c2cc(NC(=O)c3ccnc(C(C)(C)F)c3)cnc2C)=CC1c1ccnc(NC(=O)OC)c1. The number of alkyl halides is 1. The smallest absolute Gasteiger partial charge is 0.412 e. The van der Waals surface area contributed by atoms with Crippen LogP contribution in [0, 0.1) is 6.92 Å². The summed E-state index contributed by atoms with van der Waals surface area (Å²) in [5.41, 5.74) is 3.56. The second kappa shape index (κ2) is 10.8. The summed E-state index contributed by atoms with van der Waals surface area (Å²) in [4.78, 5) is 37.2. The van der Waals surface area contributed by atoms with Gasteiger partial charge in [-0.15, -0.1) is 0 Å². The number of ether oxygens (including phenoxy) is 1. The summed E-state index contributed by atoms with van der Waals surface area (Å²) >= 11 is 0. The molecule has 2 N–H and O–H groups in total. The van der Waals surface area contributed by atoms with E-state index in [-0.39, 0.29) is 11.6 Å². The number of carbonyl (C=O) groups is 2. The maximum absolute atomic E-state index is 14.3. The predicted molar refractivity (Wildman–Crippen MR) is 145 cm³/mol. The van der Waals surface area contributed by atoms with Crippen molar-refractivity contribution in [2.45, 2.75) is 32.4 Å². The van der Waals surface area contributed by atoms with Gasteiger partial charge in [-0.3, -0.25) is 20.1 Å². The number of aryl methyl sites for hydroxylation is 1. The molecule has 3 aromatic rings. The van der Waals surface area contributed by atoms with Gasteiger partial charge in [0.15, 0.2) is 0 Å². The first kappa shape index (κ1) is 26.4. The highest BCUT2D eigenvalue weighted by molar-refractivity contribution is 6.04. The molecule has 1 aliphatic rings. The van der Waals surface area contributed by atoms with Crippen LogP contribution in [-0.4, -0.2) is 34.1 Å². The minimum atomic E-state index is -1.67. The molecule has 9 heteroatoms. The fraction of sp³-hybridized carbons (Fsp3) is 0.207. The number of carbonyl (C=O) groups excluding carboxylic acids is 2. The molecular formula is C29H28FN5O3. The zero-order chi connectivity index (χ0) is 27.4. The van der Waals surface area contributed by atoms with E-state index >= 15 is 0 Å². The summed E-state index contributed by atoms with van der Waals surface area (Å²) in [7, 11) is 1.29. The van der Waals surface area contributed by atoms with E-state index in [0.29, 0.717) is 17.1 Å². The number of nitrogens with one attached hydrogen (secondary N) is 2. The summed E-state index contributed by atoms with van der Waals surface area (Å²) in [5, 5.41) is 5.42. The Morgan fingerprint density at radius 2 is 1.82 bits per heavy atom. The van der Waals surface area contributed by atoms with Gasteiger partial charge in [0, 0.05) is 35.1 Å². The fourth-order valence-electron chi connectivity index (χ4n) is 3.99. The van der Waals surface area contributed by atoms with E-state index in [0.717, 1.165) is 28.0 Å². The van der Waals surface area contributed by atoms with Gasteiger partial charge in [0.1, 0.15) is 11.5 Å². The Balaban J connectivity index is 1.61. The van der Waals surface area contributed by atoms with Crippen LogP contribution in [0.1, 0.15) is 52.6 Å². The quantitative estimate of drug-likeness (QED) is 0.412. The number of pyridine rings is 3. The topological polar surface area (TPSA) is 106 Å². The average molecular weight is 514 g/mol. The number of amides is 2. The van der Waals surface area contributed by atoms with E-state index in [4.69, 9.17) is 0 Å². The minimum Gasteiger partial charge on any atom is -0.453 e. The number of rotatable bonds is 6. The Kier molecular flexibility index (Phi) is 7.47. The summed E-state index contributed by atoms with van der Waals surface area (Å²) in [5.74, 6) is -0.200. The molecule has 4 rings (SSSR count). The minimum absolute atomic E-state index is 0.173. The van der Waals surface area contributed by atoms with Gasteiger partial charge >= 0.3 is 6.09 Å². The molecule has 2 amide bonds. The molecule has 0 spiro atoms. The average Bonchev–Trinajstić information content (AvgIpc) is 2.90. The van der Waals surface area contributed by atoms with Crippen LogP contribution >= 0.6 is 0 Å². The lowest BCUT2D eigenvalue weighted by Gasteiger charge is -2.21. The zero-order valence-electron chi connectivity index (χ0n) is 21.6. The number of anilines is 2. The van der Waals surface area contributed by atoms with E-state index in [1.807, 2.05) is 37.3 Å². The number of aromatic nitrogens is 3. The van der Waals surface area contributed by atoms with E-state index < -0.39 is 17.7 Å². The van der Waals surface area contributed by atoms with Crippen molar-refractivity contribution in [3.8, 4) is 0 Å².